The zero-order valence-corrected chi connectivity index (χ0v) is 22.2. The third-order valence-corrected chi connectivity index (χ3v) is 7.07. The van der Waals surface area contributed by atoms with Gasteiger partial charge < -0.3 is 14.2 Å². The molecule has 0 unspecified atom stereocenters. The van der Waals surface area contributed by atoms with E-state index in [2.05, 4.69) is 0 Å². The van der Waals surface area contributed by atoms with Gasteiger partial charge in [0.2, 0.25) is 0 Å². The summed E-state index contributed by atoms with van der Waals surface area (Å²) in [4.78, 5) is 24.5. The molecule has 0 bridgehead atoms. The van der Waals surface area contributed by atoms with E-state index in [0.717, 1.165) is 11.1 Å². The minimum absolute atomic E-state index is 0.0723. The van der Waals surface area contributed by atoms with E-state index in [1.165, 1.54) is 19.2 Å². The highest BCUT2D eigenvalue weighted by atomic mass is 32.2. The third kappa shape index (κ3) is 8.06. The Morgan fingerprint density at radius 2 is 1.58 bits per heavy atom. The summed E-state index contributed by atoms with van der Waals surface area (Å²) in [6.45, 7) is 7.21. The van der Waals surface area contributed by atoms with Gasteiger partial charge in [-0.1, -0.05) is 29.8 Å². The Morgan fingerprint density at radius 3 is 2.14 bits per heavy atom. The van der Waals surface area contributed by atoms with E-state index in [4.69, 9.17) is 18.4 Å². The number of carbonyl (C=O) groups is 2. The molecule has 3 rings (SSSR count). The van der Waals surface area contributed by atoms with Gasteiger partial charge in [-0.2, -0.15) is 8.42 Å². The highest BCUT2D eigenvalue weighted by molar-refractivity contribution is 7.86. The van der Waals surface area contributed by atoms with Crippen LogP contribution < -0.4 is 4.74 Å². The number of ether oxygens (including phenoxy) is 3. The van der Waals surface area contributed by atoms with Gasteiger partial charge in [-0.25, -0.2) is 0 Å². The lowest BCUT2D eigenvalue weighted by molar-refractivity contribution is -0.160. The van der Waals surface area contributed by atoms with E-state index in [-0.39, 0.29) is 17.4 Å². The average Bonchev–Trinajstić information content (AvgIpc) is 2.76. The molecule has 0 spiro atoms. The summed E-state index contributed by atoms with van der Waals surface area (Å²) in [5.74, 6) is -0.951. The zero-order chi connectivity index (χ0) is 26.5. The molecule has 0 amide bonds. The Morgan fingerprint density at radius 1 is 0.972 bits per heavy atom. The van der Waals surface area contributed by atoms with Crippen LogP contribution >= 0.6 is 0 Å². The maximum atomic E-state index is 12.4. The number of hydrogen-bond acceptors (Lipinski definition) is 8. The van der Waals surface area contributed by atoms with Crippen molar-refractivity contribution in [2.75, 3.05) is 7.11 Å². The first-order valence-corrected chi connectivity index (χ1v) is 13.3. The predicted octanol–water partition coefficient (Wildman–Crippen LogP) is 4.37. The lowest BCUT2D eigenvalue weighted by Gasteiger charge is -2.34. The molecule has 0 aliphatic heterocycles. The molecule has 1 aliphatic rings. The van der Waals surface area contributed by atoms with Crippen LogP contribution in [0.25, 0.3) is 0 Å². The van der Waals surface area contributed by atoms with Gasteiger partial charge in [0.05, 0.1) is 30.4 Å². The van der Waals surface area contributed by atoms with E-state index in [0.29, 0.717) is 25.0 Å². The molecular formula is C27H34O8S. The molecule has 1 fully saturated rings. The summed E-state index contributed by atoms with van der Waals surface area (Å²) in [5, 5.41) is 0. The van der Waals surface area contributed by atoms with E-state index in [1.54, 1.807) is 45.0 Å². The normalized spacial score (nSPS) is 18.6. The number of aryl methyl sites for hydroxylation is 1. The monoisotopic (exact) mass is 518 g/mol. The number of rotatable bonds is 10. The van der Waals surface area contributed by atoms with Crippen molar-refractivity contribution in [3.63, 3.8) is 0 Å². The number of benzene rings is 2. The first-order valence-electron chi connectivity index (χ1n) is 11.9. The molecule has 0 saturated heterocycles. The standard InChI is InChI=1S/C27H34O8S/c1-18-6-12-24(13-7-18)36(30,31)35-23-16-22(17-23)33-21-10-8-19(9-11-21)14-20(26(29)32-5)15-25(28)34-27(2,3)4/h6-13,20,22-23H,14-17H2,1-5H3/t20-,22?,23?/m1/s1. The molecule has 1 atom stereocenters. The van der Waals surface area contributed by atoms with Gasteiger partial charge in [-0.3, -0.25) is 13.8 Å². The number of esters is 2. The van der Waals surface area contributed by atoms with Crippen molar-refractivity contribution in [2.24, 2.45) is 5.92 Å². The number of hydrogen-bond donors (Lipinski definition) is 0. The van der Waals surface area contributed by atoms with Crippen LogP contribution in [0.15, 0.2) is 53.4 Å². The van der Waals surface area contributed by atoms with Crippen LogP contribution in [0.4, 0.5) is 0 Å². The summed E-state index contributed by atoms with van der Waals surface area (Å²) in [7, 11) is -2.51. The van der Waals surface area contributed by atoms with Gasteiger partial charge in [0.1, 0.15) is 17.5 Å². The Labute approximate surface area is 213 Å². The Bertz CT molecular complexity index is 1140. The molecule has 0 heterocycles. The van der Waals surface area contributed by atoms with Crippen LogP contribution in [-0.2, 0) is 39.8 Å². The predicted molar refractivity (Wildman–Crippen MR) is 133 cm³/mol. The van der Waals surface area contributed by atoms with Crippen molar-refractivity contribution < 1.29 is 36.4 Å². The number of carbonyl (C=O) groups excluding carboxylic acids is 2. The van der Waals surface area contributed by atoms with E-state index in [9.17, 15) is 18.0 Å². The molecule has 0 N–H and O–H groups in total. The van der Waals surface area contributed by atoms with Crippen LogP contribution in [0.3, 0.4) is 0 Å². The van der Waals surface area contributed by atoms with Gasteiger partial charge in [0.25, 0.3) is 10.1 Å². The van der Waals surface area contributed by atoms with Crippen LogP contribution in [0.2, 0.25) is 0 Å². The summed E-state index contributed by atoms with van der Waals surface area (Å²) in [6.07, 6.45) is 0.609. The Balaban J connectivity index is 1.50. The van der Waals surface area contributed by atoms with E-state index < -0.39 is 39.7 Å². The van der Waals surface area contributed by atoms with Crippen LogP contribution in [0.1, 0.15) is 51.2 Å². The molecular weight excluding hydrogens is 484 g/mol. The Kier molecular flexibility index (Phi) is 8.79. The topological polar surface area (TPSA) is 105 Å². The second-order valence-corrected chi connectivity index (χ2v) is 11.6. The fourth-order valence-electron chi connectivity index (χ4n) is 3.80. The average molecular weight is 519 g/mol. The lowest BCUT2D eigenvalue weighted by atomic mass is 9.92. The quantitative estimate of drug-likeness (QED) is 0.337. The Hall–Kier alpha value is -2.91. The molecule has 2 aromatic rings. The smallest absolute Gasteiger partial charge is 0.309 e. The first-order chi connectivity index (χ1) is 16.8. The van der Waals surface area contributed by atoms with Gasteiger partial charge in [-0.15, -0.1) is 0 Å². The minimum Gasteiger partial charge on any atom is -0.490 e. The van der Waals surface area contributed by atoms with Gasteiger partial charge in [0, 0.05) is 12.8 Å². The van der Waals surface area contributed by atoms with Crippen molar-refractivity contribution in [3.8, 4) is 5.75 Å². The molecule has 0 aromatic heterocycles. The highest BCUT2D eigenvalue weighted by Crippen LogP contribution is 2.31. The van der Waals surface area contributed by atoms with Crippen molar-refractivity contribution >= 4 is 22.1 Å². The molecule has 196 valence electrons. The highest BCUT2D eigenvalue weighted by Gasteiger charge is 2.36. The fourth-order valence-corrected chi connectivity index (χ4v) is 4.90. The maximum Gasteiger partial charge on any atom is 0.309 e. The van der Waals surface area contributed by atoms with Gasteiger partial charge in [0.15, 0.2) is 0 Å². The van der Waals surface area contributed by atoms with Crippen molar-refractivity contribution in [2.45, 2.75) is 76.1 Å². The summed E-state index contributed by atoms with van der Waals surface area (Å²) < 4.78 is 46.3. The van der Waals surface area contributed by atoms with E-state index >= 15 is 0 Å². The molecule has 2 aromatic carbocycles. The second kappa shape index (κ2) is 11.4. The van der Waals surface area contributed by atoms with Gasteiger partial charge >= 0.3 is 11.9 Å². The minimum atomic E-state index is -3.81. The van der Waals surface area contributed by atoms with Crippen LogP contribution in [0, 0.1) is 12.8 Å². The molecule has 1 aliphatic carbocycles. The maximum absolute atomic E-state index is 12.4. The van der Waals surface area contributed by atoms with Crippen molar-refractivity contribution in [1.29, 1.82) is 0 Å². The van der Waals surface area contributed by atoms with Crippen molar-refractivity contribution in [1.82, 2.24) is 0 Å². The molecule has 9 heteroatoms. The first kappa shape index (κ1) is 27.7. The summed E-state index contributed by atoms with van der Waals surface area (Å²) in [6, 6.07) is 13.8. The molecule has 36 heavy (non-hydrogen) atoms. The van der Waals surface area contributed by atoms with Crippen LogP contribution in [0.5, 0.6) is 5.75 Å². The summed E-state index contributed by atoms with van der Waals surface area (Å²) in [5.41, 5.74) is 1.19. The molecule has 1 saturated carbocycles. The SMILES string of the molecule is COC(=O)[C@@H](CC(=O)OC(C)(C)C)Cc1ccc(OC2CC(OS(=O)(=O)c3ccc(C)cc3)C2)cc1. The molecule has 8 nitrogen and oxygen atoms in total. The van der Waals surface area contributed by atoms with Crippen LogP contribution in [-0.4, -0.2) is 45.3 Å². The summed E-state index contributed by atoms with van der Waals surface area (Å²) >= 11 is 0. The number of methoxy groups -OCH3 is 1. The van der Waals surface area contributed by atoms with Gasteiger partial charge in [-0.05, 0) is 63.9 Å². The largest absolute Gasteiger partial charge is 0.490 e. The lowest BCUT2D eigenvalue weighted by Crippen LogP contribution is -2.40. The zero-order valence-electron chi connectivity index (χ0n) is 21.4. The fraction of sp³-hybridized carbons (Fsp3) is 0.481. The third-order valence-electron chi connectivity index (χ3n) is 5.70. The second-order valence-electron chi connectivity index (χ2n) is 10.1. The molecule has 0 radical (unpaired) electrons. The van der Waals surface area contributed by atoms with E-state index in [1.807, 2.05) is 19.1 Å². The van der Waals surface area contributed by atoms with Crippen molar-refractivity contribution in [3.05, 3.63) is 59.7 Å².